The number of rotatable bonds is 4. The van der Waals surface area contributed by atoms with E-state index in [0.29, 0.717) is 15.5 Å². The molecule has 1 aliphatic heterocycles. The fourth-order valence-electron chi connectivity index (χ4n) is 2.19. The summed E-state index contributed by atoms with van der Waals surface area (Å²) in [5.41, 5.74) is 0.703. The number of benzene rings is 1. The second-order valence-corrected chi connectivity index (χ2v) is 6.28. The number of aliphatic carboxylic acids is 1. The van der Waals surface area contributed by atoms with Crippen LogP contribution in [-0.4, -0.2) is 50.9 Å². The quantitative estimate of drug-likeness (QED) is 0.858. The zero-order valence-corrected chi connectivity index (χ0v) is 12.7. The van der Waals surface area contributed by atoms with Gasteiger partial charge in [-0.1, -0.05) is 11.6 Å². The molecule has 3 rings (SSSR count). The molecule has 1 fully saturated rings. The number of fused-ring (bicyclic) bond motifs is 1. The van der Waals surface area contributed by atoms with Crippen LogP contribution in [0.15, 0.2) is 18.2 Å². The van der Waals surface area contributed by atoms with E-state index >= 15 is 0 Å². The predicted octanol–water partition coefficient (Wildman–Crippen LogP) is 1.80. The average molecular weight is 340 g/mol. The van der Waals surface area contributed by atoms with Crippen LogP contribution < -0.4 is 0 Å². The Kier molecular flexibility index (Phi) is 3.71. The molecule has 1 aromatic carbocycles. The second kappa shape index (κ2) is 5.54. The number of nitrogens with zero attached hydrogens (tertiary/aromatic N) is 3. The summed E-state index contributed by atoms with van der Waals surface area (Å²) in [6, 6.07) is 4.67. The van der Waals surface area contributed by atoms with Gasteiger partial charge in [0.2, 0.25) is 0 Å². The third-order valence-electron chi connectivity index (χ3n) is 3.14. The third-order valence-corrected chi connectivity index (χ3v) is 4.40. The number of urea groups is 1. The average Bonchev–Trinajstić information content (AvgIpc) is 2.94. The smallest absolute Gasteiger partial charge is 0.328 e. The van der Waals surface area contributed by atoms with Gasteiger partial charge in [-0.2, -0.15) is 0 Å². The van der Waals surface area contributed by atoms with Gasteiger partial charge in [-0.3, -0.25) is 14.5 Å². The fourth-order valence-corrected chi connectivity index (χ4v) is 3.29. The molecule has 1 aromatic heterocycles. The van der Waals surface area contributed by atoms with Crippen molar-refractivity contribution in [1.29, 1.82) is 0 Å². The van der Waals surface area contributed by atoms with Gasteiger partial charge in [0.05, 0.1) is 16.8 Å². The number of halogens is 1. The third kappa shape index (κ3) is 2.75. The summed E-state index contributed by atoms with van der Waals surface area (Å²) in [5, 5.41) is 9.88. The summed E-state index contributed by atoms with van der Waals surface area (Å²) in [6.07, 6.45) is 0. The Labute approximate surface area is 133 Å². The number of thiazole rings is 1. The van der Waals surface area contributed by atoms with Crippen LogP contribution in [0.4, 0.5) is 4.79 Å². The number of imide groups is 1. The van der Waals surface area contributed by atoms with E-state index in [1.807, 2.05) is 6.07 Å². The summed E-state index contributed by atoms with van der Waals surface area (Å²) >= 11 is 7.26. The molecule has 0 saturated carbocycles. The molecule has 0 atom stereocenters. The molecule has 2 aromatic rings. The molecule has 9 heteroatoms. The Balaban J connectivity index is 1.80. The maximum atomic E-state index is 12.0. The predicted molar refractivity (Wildman–Crippen MR) is 79.8 cm³/mol. The van der Waals surface area contributed by atoms with E-state index in [1.165, 1.54) is 11.3 Å². The van der Waals surface area contributed by atoms with Gasteiger partial charge in [-0.05, 0) is 18.2 Å². The molecule has 0 spiro atoms. The van der Waals surface area contributed by atoms with Crippen LogP contribution >= 0.6 is 22.9 Å². The van der Waals surface area contributed by atoms with Gasteiger partial charge in [0.25, 0.3) is 5.91 Å². The Morgan fingerprint density at radius 1 is 1.41 bits per heavy atom. The number of aromatic nitrogens is 1. The van der Waals surface area contributed by atoms with Crippen molar-refractivity contribution in [2.75, 3.05) is 13.1 Å². The molecular weight excluding hydrogens is 330 g/mol. The molecule has 0 unspecified atom stereocenters. The Morgan fingerprint density at radius 3 is 2.91 bits per heavy atom. The first-order valence-electron chi connectivity index (χ1n) is 6.30. The fraction of sp³-hybridized carbons (Fsp3) is 0.231. The highest BCUT2D eigenvalue weighted by Gasteiger charge is 2.37. The first kappa shape index (κ1) is 14.7. The topological polar surface area (TPSA) is 90.8 Å². The minimum Gasteiger partial charge on any atom is -0.480 e. The van der Waals surface area contributed by atoms with Crippen LogP contribution in [0.5, 0.6) is 0 Å². The van der Waals surface area contributed by atoms with E-state index in [9.17, 15) is 14.4 Å². The molecule has 2 heterocycles. The molecule has 0 aliphatic carbocycles. The highest BCUT2D eigenvalue weighted by molar-refractivity contribution is 7.18. The number of amides is 3. The van der Waals surface area contributed by atoms with Gasteiger partial charge >= 0.3 is 12.0 Å². The van der Waals surface area contributed by atoms with Crippen molar-refractivity contribution in [3.05, 3.63) is 28.2 Å². The summed E-state index contributed by atoms with van der Waals surface area (Å²) in [7, 11) is 0. The SMILES string of the molecule is O=C(O)CN1CC(=O)N(Cc2nc3cc(Cl)ccc3s2)C1=O. The molecule has 1 N–H and O–H groups in total. The minimum atomic E-state index is -1.15. The Hall–Kier alpha value is -2.19. The van der Waals surface area contributed by atoms with E-state index < -0.39 is 24.5 Å². The molecule has 1 saturated heterocycles. The molecule has 22 heavy (non-hydrogen) atoms. The number of hydrogen-bond acceptors (Lipinski definition) is 5. The van der Waals surface area contributed by atoms with Crippen molar-refractivity contribution in [2.24, 2.45) is 0 Å². The van der Waals surface area contributed by atoms with Gasteiger partial charge < -0.3 is 10.0 Å². The van der Waals surface area contributed by atoms with Gasteiger partial charge in [-0.25, -0.2) is 9.78 Å². The highest BCUT2D eigenvalue weighted by atomic mass is 35.5. The highest BCUT2D eigenvalue weighted by Crippen LogP contribution is 2.26. The van der Waals surface area contributed by atoms with Crippen molar-refractivity contribution < 1.29 is 19.5 Å². The van der Waals surface area contributed by atoms with Gasteiger partial charge in [0.1, 0.15) is 18.1 Å². The first-order chi connectivity index (χ1) is 10.4. The summed E-state index contributed by atoms with van der Waals surface area (Å²) in [6.45, 7) is -0.677. The summed E-state index contributed by atoms with van der Waals surface area (Å²) in [4.78, 5) is 41.0. The van der Waals surface area contributed by atoms with E-state index in [-0.39, 0.29) is 13.1 Å². The zero-order chi connectivity index (χ0) is 15.9. The summed E-state index contributed by atoms with van der Waals surface area (Å²) < 4.78 is 0.904. The molecule has 1 aliphatic rings. The number of carbonyl (C=O) groups is 3. The van der Waals surface area contributed by atoms with Crippen molar-refractivity contribution in [3.63, 3.8) is 0 Å². The van der Waals surface area contributed by atoms with Gasteiger partial charge in [0.15, 0.2) is 0 Å². The lowest BCUT2D eigenvalue weighted by atomic mass is 10.3. The monoisotopic (exact) mass is 339 g/mol. The van der Waals surface area contributed by atoms with Crippen LogP contribution in [0.2, 0.25) is 5.02 Å². The van der Waals surface area contributed by atoms with Crippen molar-refractivity contribution in [2.45, 2.75) is 6.54 Å². The van der Waals surface area contributed by atoms with Gasteiger partial charge in [0, 0.05) is 5.02 Å². The lowest BCUT2D eigenvalue weighted by Gasteiger charge is -2.14. The number of carbonyl (C=O) groups excluding carboxylic acids is 2. The van der Waals surface area contributed by atoms with Crippen LogP contribution in [0.25, 0.3) is 10.2 Å². The van der Waals surface area contributed by atoms with Crippen LogP contribution in [-0.2, 0) is 16.1 Å². The summed E-state index contributed by atoms with van der Waals surface area (Å²) in [5.74, 6) is -1.58. The minimum absolute atomic E-state index is 0.0325. The Morgan fingerprint density at radius 2 is 2.18 bits per heavy atom. The van der Waals surface area contributed by atoms with E-state index in [1.54, 1.807) is 12.1 Å². The van der Waals surface area contributed by atoms with E-state index in [4.69, 9.17) is 16.7 Å². The molecule has 7 nitrogen and oxygen atoms in total. The van der Waals surface area contributed by atoms with Crippen LogP contribution in [0.1, 0.15) is 5.01 Å². The van der Waals surface area contributed by atoms with Gasteiger partial charge in [-0.15, -0.1) is 11.3 Å². The van der Waals surface area contributed by atoms with Crippen LogP contribution in [0, 0.1) is 0 Å². The maximum absolute atomic E-state index is 12.0. The number of hydrogen-bond donors (Lipinski definition) is 1. The van der Waals surface area contributed by atoms with Crippen molar-refractivity contribution >= 4 is 51.1 Å². The second-order valence-electron chi connectivity index (χ2n) is 4.73. The molecule has 3 amide bonds. The van der Waals surface area contributed by atoms with Crippen LogP contribution in [0.3, 0.4) is 0 Å². The first-order valence-corrected chi connectivity index (χ1v) is 7.49. The lowest BCUT2D eigenvalue weighted by molar-refractivity contribution is -0.137. The van der Waals surface area contributed by atoms with E-state index in [2.05, 4.69) is 4.98 Å². The molecule has 0 radical (unpaired) electrons. The molecule has 0 bridgehead atoms. The zero-order valence-electron chi connectivity index (χ0n) is 11.2. The van der Waals surface area contributed by atoms with E-state index in [0.717, 1.165) is 14.5 Å². The van der Waals surface area contributed by atoms with Crippen molar-refractivity contribution in [3.8, 4) is 0 Å². The maximum Gasteiger partial charge on any atom is 0.328 e. The normalized spacial score (nSPS) is 15.1. The van der Waals surface area contributed by atoms with Crippen molar-refractivity contribution in [1.82, 2.24) is 14.8 Å². The largest absolute Gasteiger partial charge is 0.480 e. The number of carboxylic acid groups (broad SMARTS) is 1. The lowest BCUT2D eigenvalue weighted by Crippen LogP contribution is -2.35. The number of carboxylic acids is 1. The Bertz CT molecular complexity index is 791. The standard InChI is InChI=1S/C13H10ClN3O4S/c14-7-1-2-9-8(3-7)15-10(22-9)4-17-11(18)5-16(13(17)21)6-12(19)20/h1-3H,4-6H2,(H,19,20). The molecule has 114 valence electrons. The molecular formula is C13H10ClN3O4S.